The van der Waals surface area contributed by atoms with E-state index in [1.807, 2.05) is 13.0 Å². The number of aryl methyl sites for hydroxylation is 1. The van der Waals surface area contributed by atoms with Gasteiger partial charge < -0.3 is 10.6 Å². The lowest BCUT2D eigenvalue weighted by Gasteiger charge is -2.08. The molecule has 0 spiro atoms. The number of carbonyl (C=O) groups excluding carboxylic acids is 3. The maximum absolute atomic E-state index is 12.0. The van der Waals surface area contributed by atoms with Gasteiger partial charge in [-0.1, -0.05) is 23.7 Å². The van der Waals surface area contributed by atoms with E-state index >= 15 is 0 Å². The van der Waals surface area contributed by atoms with Crippen LogP contribution in [0.1, 0.15) is 24.5 Å². The second-order valence-corrected chi connectivity index (χ2v) is 6.51. The number of carbonyl (C=O) groups is 3. The van der Waals surface area contributed by atoms with Crippen molar-refractivity contribution in [2.24, 2.45) is 5.10 Å². The Labute approximate surface area is 167 Å². The van der Waals surface area contributed by atoms with Crippen LogP contribution >= 0.6 is 11.6 Å². The molecule has 0 saturated heterocycles. The molecule has 0 atom stereocenters. The van der Waals surface area contributed by atoms with Crippen molar-refractivity contribution in [3.8, 4) is 0 Å². The summed E-state index contributed by atoms with van der Waals surface area (Å²) in [4.78, 5) is 39.9. The summed E-state index contributed by atoms with van der Waals surface area (Å²) in [5, 5.41) is 9.32. The summed E-state index contributed by atoms with van der Waals surface area (Å²) >= 11 is 5.98. The SMILES string of the molecule is C/C(CC(=O)Nc1ccc(C)cn1)=N/NC(=O)C(=O)Nc1cccc(Cl)c1C. The van der Waals surface area contributed by atoms with E-state index in [0.29, 0.717) is 27.8 Å². The topological polar surface area (TPSA) is 113 Å². The highest BCUT2D eigenvalue weighted by Gasteiger charge is 2.15. The van der Waals surface area contributed by atoms with Crippen LogP contribution in [0.2, 0.25) is 5.02 Å². The molecule has 0 unspecified atom stereocenters. The molecule has 1 aromatic carbocycles. The van der Waals surface area contributed by atoms with Gasteiger partial charge in [0.05, 0.1) is 6.42 Å². The zero-order valence-corrected chi connectivity index (χ0v) is 16.4. The molecule has 1 aromatic heterocycles. The molecule has 9 heteroatoms. The number of hydrazone groups is 1. The zero-order valence-electron chi connectivity index (χ0n) is 15.7. The first kappa shape index (κ1) is 21.0. The summed E-state index contributed by atoms with van der Waals surface area (Å²) in [6, 6.07) is 8.47. The number of halogens is 1. The van der Waals surface area contributed by atoms with Crippen molar-refractivity contribution in [1.82, 2.24) is 10.4 Å². The maximum Gasteiger partial charge on any atom is 0.329 e. The van der Waals surface area contributed by atoms with Crippen LogP contribution in [0.3, 0.4) is 0 Å². The Balaban J connectivity index is 1.86. The van der Waals surface area contributed by atoms with E-state index in [4.69, 9.17) is 11.6 Å². The van der Waals surface area contributed by atoms with Gasteiger partial charge in [-0.2, -0.15) is 5.10 Å². The first-order valence-electron chi connectivity index (χ1n) is 8.38. The van der Waals surface area contributed by atoms with E-state index in [0.717, 1.165) is 5.56 Å². The lowest BCUT2D eigenvalue weighted by atomic mass is 10.2. The number of nitrogens with zero attached hydrogens (tertiary/aromatic N) is 2. The minimum atomic E-state index is -0.959. The van der Waals surface area contributed by atoms with E-state index in [9.17, 15) is 14.4 Å². The second-order valence-electron chi connectivity index (χ2n) is 6.10. The molecule has 3 amide bonds. The fourth-order valence-electron chi connectivity index (χ4n) is 2.12. The van der Waals surface area contributed by atoms with Crippen molar-refractivity contribution in [1.29, 1.82) is 0 Å². The number of nitrogens with one attached hydrogen (secondary N) is 3. The average Bonchev–Trinajstić information content (AvgIpc) is 2.65. The molecule has 0 bridgehead atoms. The van der Waals surface area contributed by atoms with Gasteiger partial charge in [0.2, 0.25) is 5.91 Å². The molecule has 28 heavy (non-hydrogen) atoms. The molecule has 0 radical (unpaired) electrons. The molecule has 146 valence electrons. The summed E-state index contributed by atoms with van der Waals surface area (Å²) < 4.78 is 0. The molecule has 0 fully saturated rings. The molecule has 2 rings (SSSR count). The van der Waals surface area contributed by atoms with Crippen LogP contribution in [-0.2, 0) is 14.4 Å². The summed E-state index contributed by atoms with van der Waals surface area (Å²) in [6.07, 6.45) is 1.57. The van der Waals surface area contributed by atoms with Gasteiger partial charge in [0.25, 0.3) is 0 Å². The third kappa shape index (κ3) is 6.17. The van der Waals surface area contributed by atoms with Crippen molar-refractivity contribution >= 4 is 46.5 Å². The summed E-state index contributed by atoms with van der Waals surface area (Å²) in [5.74, 6) is -1.77. The number of hydrogen-bond donors (Lipinski definition) is 3. The minimum Gasteiger partial charge on any atom is -0.317 e. The Morgan fingerprint density at radius 1 is 1.07 bits per heavy atom. The normalized spacial score (nSPS) is 10.9. The zero-order chi connectivity index (χ0) is 20.7. The van der Waals surface area contributed by atoms with Gasteiger partial charge in [-0.05, 0) is 50.1 Å². The lowest BCUT2D eigenvalue weighted by molar-refractivity contribution is -0.136. The van der Waals surface area contributed by atoms with E-state index < -0.39 is 11.8 Å². The van der Waals surface area contributed by atoms with E-state index in [1.165, 1.54) is 0 Å². The largest absolute Gasteiger partial charge is 0.329 e. The van der Waals surface area contributed by atoms with Gasteiger partial charge in [-0.25, -0.2) is 10.4 Å². The lowest BCUT2D eigenvalue weighted by Crippen LogP contribution is -2.33. The highest BCUT2D eigenvalue weighted by molar-refractivity contribution is 6.40. The highest BCUT2D eigenvalue weighted by atomic mass is 35.5. The molecule has 0 saturated carbocycles. The van der Waals surface area contributed by atoms with Gasteiger partial charge in [0.1, 0.15) is 5.82 Å². The Morgan fingerprint density at radius 3 is 2.50 bits per heavy atom. The number of pyridine rings is 1. The maximum atomic E-state index is 12.0. The summed E-state index contributed by atoms with van der Waals surface area (Å²) in [7, 11) is 0. The van der Waals surface area contributed by atoms with Gasteiger partial charge >= 0.3 is 11.8 Å². The Hall–Kier alpha value is -3.26. The third-order valence-electron chi connectivity index (χ3n) is 3.67. The highest BCUT2D eigenvalue weighted by Crippen LogP contribution is 2.22. The fraction of sp³-hybridized carbons (Fsp3) is 0.211. The molecule has 0 aliphatic carbocycles. The van der Waals surface area contributed by atoms with Crippen molar-refractivity contribution in [3.05, 3.63) is 52.7 Å². The van der Waals surface area contributed by atoms with Crippen LogP contribution in [-0.4, -0.2) is 28.4 Å². The summed E-state index contributed by atoms with van der Waals surface area (Å²) in [6.45, 7) is 5.17. The fourth-order valence-corrected chi connectivity index (χ4v) is 2.29. The number of hydrogen-bond acceptors (Lipinski definition) is 5. The molecule has 1 heterocycles. The third-order valence-corrected chi connectivity index (χ3v) is 4.08. The Bertz CT molecular complexity index is 926. The van der Waals surface area contributed by atoms with E-state index in [2.05, 4.69) is 26.1 Å². The molecule has 0 aliphatic rings. The quantitative estimate of drug-likeness (QED) is 0.406. The van der Waals surface area contributed by atoms with Crippen LogP contribution in [0.15, 0.2) is 41.6 Å². The average molecular weight is 402 g/mol. The van der Waals surface area contributed by atoms with Crippen LogP contribution in [0, 0.1) is 13.8 Å². The predicted molar refractivity (Wildman–Crippen MR) is 108 cm³/mol. The first-order valence-corrected chi connectivity index (χ1v) is 8.76. The Kier molecular flexibility index (Phi) is 7.22. The number of amides is 3. The van der Waals surface area contributed by atoms with Crippen molar-refractivity contribution in [2.75, 3.05) is 10.6 Å². The number of anilines is 2. The minimum absolute atomic E-state index is 0.0646. The van der Waals surface area contributed by atoms with Crippen LogP contribution < -0.4 is 16.1 Å². The van der Waals surface area contributed by atoms with Crippen LogP contribution in [0.5, 0.6) is 0 Å². The monoisotopic (exact) mass is 401 g/mol. The van der Waals surface area contributed by atoms with Gasteiger partial charge in [-0.3, -0.25) is 14.4 Å². The van der Waals surface area contributed by atoms with Crippen LogP contribution in [0.25, 0.3) is 0 Å². The molecule has 2 aromatic rings. The smallest absolute Gasteiger partial charge is 0.317 e. The molecular formula is C19H20ClN5O3. The predicted octanol–water partition coefficient (Wildman–Crippen LogP) is 2.81. The molecule has 3 N–H and O–H groups in total. The number of benzene rings is 1. The van der Waals surface area contributed by atoms with Crippen molar-refractivity contribution in [2.45, 2.75) is 27.2 Å². The molecule has 8 nitrogen and oxygen atoms in total. The van der Waals surface area contributed by atoms with Crippen molar-refractivity contribution in [3.63, 3.8) is 0 Å². The Morgan fingerprint density at radius 2 is 1.82 bits per heavy atom. The van der Waals surface area contributed by atoms with Crippen molar-refractivity contribution < 1.29 is 14.4 Å². The summed E-state index contributed by atoms with van der Waals surface area (Å²) in [5.41, 5.74) is 4.50. The number of rotatable bonds is 5. The second kappa shape index (κ2) is 9.61. The van der Waals surface area contributed by atoms with Gasteiger partial charge in [-0.15, -0.1) is 0 Å². The van der Waals surface area contributed by atoms with Gasteiger partial charge in [0, 0.05) is 22.6 Å². The van der Waals surface area contributed by atoms with E-state index in [1.54, 1.807) is 44.3 Å². The standard InChI is InChI=1S/C19H20ClN5O3/c1-11-7-8-16(21-10-11)23-17(26)9-12(2)24-25-19(28)18(27)22-15-6-4-5-14(20)13(15)3/h4-8,10H,9H2,1-3H3,(H,22,27)(H,25,28)(H,21,23,26)/b24-12-. The number of aromatic nitrogens is 1. The molecule has 0 aliphatic heterocycles. The van der Waals surface area contributed by atoms with E-state index in [-0.39, 0.29) is 12.3 Å². The molecular weight excluding hydrogens is 382 g/mol. The van der Waals surface area contributed by atoms with Gasteiger partial charge in [0.15, 0.2) is 0 Å². The first-order chi connectivity index (χ1) is 13.3. The van der Waals surface area contributed by atoms with Crippen LogP contribution in [0.4, 0.5) is 11.5 Å².